The van der Waals surface area contributed by atoms with E-state index in [2.05, 4.69) is 35.6 Å². The summed E-state index contributed by atoms with van der Waals surface area (Å²) in [4.78, 5) is 11.0. The lowest BCUT2D eigenvalue weighted by atomic mass is 10.2. The zero-order chi connectivity index (χ0) is 13.7. The largest absolute Gasteiger partial charge is 0.396 e. The minimum Gasteiger partial charge on any atom is -0.396 e. The lowest BCUT2D eigenvalue weighted by molar-refractivity contribution is 0.289. The van der Waals surface area contributed by atoms with Gasteiger partial charge in [-0.05, 0) is 20.3 Å². The van der Waals surface area contributed by atoms with Gasteiger partial charge in [0.15, 0.2) is 0 Å². The lowest BCUT2D eigenvalue weighted by Crippen LogP contribution is -2.27. The van der Waals surface area contributed by atoms with E-state index in [9.17, 15) is 0 Å². The summed E-state index contributed by atoms with van der Waals surface area (Å²) < 4.78 is 0. The SMILES string of the molecule is CCN(CCCO)c1nc(C(C)C)nc(Cl)c1C. The first kappa shape index (κ1) is 15.2. The van der Waals surface area contributed by atoms with Crippen molar-refractivity contribution >= 4 is 17.4 Å². The summed E-state index contributed by atoms with van der Waals surface area (Å²) >= 11 is 6.17. The molecule has 0 bridgehead atoms. The second-order valence-corrected chi connectivity index (χ2v) is 4.99. The highest BCUT2D eigenvalue weighted by Gasteiger charge is 2.15. The molecule has 1 rings (SSSR count). The van der Waals surface area contributed by atoms with E-state index in [1.807, 2.05) is 6.92 Å². The number of aliphatic hydroxyl groups is 1. The maximum Gasteiger partial charge on any atom is 0.137 e. The number of nitrogens with zero attached hydrogens (tertiary/aromatic N) is 3. The Balaban J connectivity index is 3.11. The van der Waals surface area contributed by atoms with E-state index in [-0.39, 0.29) is 12.5 Å². The summed E-state index contributed by atoms with van der Waals surface area (Å²) in [5, 5.41) is 9.46. The van der Waals surface area contributed by atoms with Crippen LogP contribution in [0, 0.1) is 6.92 Å². The molecule has 0 atom stereocenters. The molecule has 0 saturated carbocycles. The highest BCUT2D eigenvalue weighted by molar-refractivity contribution is 6.30. The Morgan fingerprint density at radius 2 is 2.00 bits per heavy atom. The van der Waals surface area contributed by atoms with Gasteiger partial charge in [-0.2, -0.15) is 0 Å². The molecule has 0 aromatic carbocycles. The Morgan fingerprint density at radius 1 is 1.33 bits per heavy atom. The van der Waals surface area contributed by atoms with Gasteiger partial charge in [0.25, 0.3) is 0 Å². The number of aliphatic hydroxyl groups excluding tert-OH is 1. The fourth-order valence-corrected chi connectivity index (χ4v) is 1.91. The van der Waals surface area contributed by atoms with Crippen LogP contribution in [0.3, 0.4) is 0 Å². The predicted molar refractivity (Wildman–Crippen MR) is 75.5 cm³/mol. The molecule has 0 aliphatic carbocycles. The molecule has 1 heterocycles. The molecule has 5 heteroatoms. The molecule has 0 unspecified atom stereocenters. The van der Waals surface area contributed by atoms with Gasteiger partial charge >= 0.3 is 0 Å². The molecule has 0 saturated heterocycles. The van der Waals surface area contributed by atoms with E-state index in [0.29, 0.717) is 5.15 Å². The highest BCUT2D eigenvalue weighted by Crippen LogP contribution is 2.25. The Labute approximate surface area is 114 Å². The van der Waals surface area contributed by atoms with Crippen molar-refractivity contribution in [2.24, 2.45) is 0 Å². The topological polar surface area (TPSA) is 49.2 Å². The second kappa shape index (κ2) is 6.90. The fourth-order valence-electron chi connectivity index (χ4n) is 1.74. The molecular weight excluding hydrogens is 250 g/mol. The van der Waals surface area contributed by atoms with Crippen molar-refractivity contribution in [2.45, 2.75) is 40.0 Å². The smallest absolute Gasteiger partial charge is 0.137 e. The van der Waals surface area contributed by atoms with Crippen molar-refractivity contribution in [3.05, 3.63) is 16.5 Å². The molecule has 0 radical (unpaired) electrons. The van der Waals surface area contributed by atoms with Crippen LogP contribution in [0.2, 0.25) is 5.15 Å². The third-order valence-electron chi connectivity index (χ3n) is 2.86. The molecule has 0 fully saturated rings. The molecule has 0 aliphatic rings. The zero-order valence-corrected chi connectivity index (χ0v) is 12.3. The van der Waals surface area contributed by atoms with Crippen molar-refractivity contribution in [1.82, 2.24) is 9.97 Å². The van der Waals surface area contributed by atoms with Gasteiger partial charge in [-0.1, -0.05) is 25.4 Å². The number of halogens is 1. The third-order valence-corrected chi connectivity index (χ3v) is 3.23. The average Bonchev–Trinajstić information content (AvgIpc) is 2.34. The first-order valence-corrected chi connectivity index (χ1v) is 6.78. The summed E-state index contributed by atoms with van der Waals surface area (Å²) in [5.41, 5.74) is 0.904. The van der Waals surface area contributed by atoms with E-state index in [1.165, 1.54) is 0 Å². The van der Waals surface area contributed by atoms with Gasteiger partial charge in [-0.3, -0.25) is 0 Å². The Bertz CT molecular complexity index is 396. The number of hydrogen-bond acceptors (Lipinski definition) is 4. The third kappa shape index (κ3) is 3.56. The zero-order valence-electron chi connectivity index (χ0n) is 11.6. The maximum absolute atomic E-state index is 8.94. The standard InChI is InChI=1S/C13H22ClN3O/c1-5-17(7-6-8-18)13-10(4)11(14)15-12(16-13)9(2)3/h9,18H,5-8H2,1-4H3. The monoisotopic (exact) mass is 271 g/mol. The van der Waals surface area contributed by atoms with Crippen molar-refractivity contribution in [3.63, 3.8) is 0 Å². The Kier molecular flexibility index (Phi) is 5.82. The second-order valence-electron chi connectivity index (χ2n) is 4.63. The molecule has 1 aromatic rings. The Hall–Kier alpha value is -0.870. The molecule has 1 N–H and O–H groups in total. The van der Waals surface area contributed by atoms with Crippen LogP contribution < -0.4 is 4.90 Å². The predicted octanol–water partition coefficient (Wildman–Crippen LogP) is 2.77. The van der Waals surface area contributed by atoms with Gasteiger partial charge in [0, 0.05) is 31.2 Å². The van der Waals surface area contributed by atoms with Gasteiger partial charge < -0.3 is 10.0 Å². The van der Waals surface area contributed by atoms with Crippen LogP contribution in [-0.4, -0.2) is 34.8 Å². The van der Waals surface area contributed by atoms with Crippen LogP contribution in [-0.2, 0) is 0 Å². The summed E-state index contributed by atoms with van der Waals surface area (Å²) in [6.07, 6.45) is 0.728. The molecule has 0 amide bonds. The number of anilines is 1. The number of aromatic nitrogens is 2. The van der Waals surface area contributed by atoms with Crippen LogP contribution >= 0.6 is 11.6 Å². The first-order valence-electron chi connectivity index (χ1n) is 6.41. The van der Waals surface area contributed by atoms with E-state index in [1.54, 1.807) is 0 Å². The minimum atomic E-state index is 0.186. The van der Waals surface area contributed by atoms with E-state index in [4.69, 9.17) is 16.7 Å². The van der Waals surface area contributed by atoms with Gasteiger partial charge in [0.05, 0.1) is 0 Å². The van der Waals surface area contributed by atoms with Crippen LogP contribution in [0.15, 0.2) is 0 Å². The highest BCUT2D eigenvalue weighted by atomic mass is 35.5. The van der Waals surface area contributed by atoms with Gasteiger partial charge in [-0.15, -0.1) is 0 Å². The van der Waals surface area contributed by atoms with Gasteiger partial charge in [-0.25, -0.2) is 9.97 Å². The first-order chi connectivity index (χ1) is 8.51. The molecule has 4 nitrogen and oxygen atoms in total. The van der Waals surface area contributed by atoms with Gasteiger partial charge in [0.2, 0.25) is 0 Å². The van der Waals surface area contributed by atoms with Crippen molar-refractivity contribution in [1.29, 1.82) is 0 Å². The molecular formula is C13H22ClN3O. The molecule has 18 heavy (non-hydrogen) atoms. The quantitative estimate of drug-likeness (QED) is 0.809. The maximum atomic E-state index is 8.94. The summed E-state index contributed by atoms with van der Waals surface area (Å²) in [6.45, 7) is 9.91. The molecule has 102 valence electrons. The summed E-state index contributed by atoms with van der Waals surface area (Å²) in [7, 11) is 0. The van der Waals surface area contributed by atoms with E-state index >= 15 is 0 Å². The lowest BCUT2D eigenvalue weighted by Gasteiger charge is -2.24. The van der Waals surface area contributed by atoms with Gasteiger partial charge in [0.1, 0.15) is 16.8 Å². The number of hydrogen-bond donors (Lipinski definition) is 1. The number of rotatable bonds is 6. The fraction of sp³-hybridized carbons (Fsp3) is 0.692. The minimum absolute atomic E-state index is 0.186. The molecule has 1 aromatic heterocycles. The molecule has 0 spiro atoms. The van der Waals surface area contributed by atoms with Crippen molar-refractivity contribution < 1.29 is 5.11 Å². The van der Waals surface area contributed by atoms with Crippen LogP contribution in [0.25, 0.3) is 0 Å². The summed E-state index contributed by atoms with van der Waals surface area (Å²) in [5.74, 6) is 1.90. The van der Waals surface area contributed by atoms with Crippen molar-refractivity contribution in [3.8, 4) is 0 Å². The average molecular weight is 272 g/mol. The summed E-state index contributed by atoms with van der Waals surface area (Å²) in [6, 6.07) is 0. The van der Waals surface area contributed by atoms with Crippen LogP contribution in [0.5, 0.6) is 0 Å². The van der Waals surface area contributed by atoms with E-state index in [0.717, 1.165) is 36.7 Å². The van der Waals surface area contributed by atoms with E-state index < -0.39 is 0 Å². The van der Waals surface area contributed by atoms with Crippen LogP contribution in [0.1, 0.15) is 44.5 Å². The Morgan fingerprint density at radius 3 is 2.50 bits per heavy atom. The normalized spacial score (nSPS) is 11.1. The molecule has 0 aliphatic heterocycles. The van der Waals surface area contributed by atoms with Crippen molar-refractivity contribution in [2.75, 3.05) is 24.6 Å². The van der Waals surface area contributed by atoms with Crippen LogP contribution in [0.4, 0.5) is 5.82 Å².